The summed E-state index contributed by atoms with van der Waals surface area (Å²) in [7, 11) is 0. The molecule has 0 saturated carbocycles. The zero-order valence-corrected chi connectivity index (χ0v) is 16.3. The van der Waals surface area contributed by atoms with Gasteiger partial charge in [0, 0.05) is 18.7 Å². The van der Waals surface area contributed by atoms with Crippen LogP contribution in [0.3, 0.4) is 0 Å². The van der Waals surface area contributed by atoms with Crippen molar-refractivity contribution < 1.29 is 14.3 Å². The van der Waals surface area contributed by atoms with E-state index >= 15 is 0 Å². The predicted molar refractivity (Wildman–Crippen MR) is 109 cm³/mol. The highest BCUT2D eigenvalue weighted by molar-refractivity contribution is 5.78. The predicted octanol–water partition coefficient (Wildman–Crippen LogP) is 2.53. The summed E-state index contributed by atoms with van der Waals surface area (Å²) in [5, 5.41) is 3.17. The highest BCUT2D eigenvalue weighted by atomic mass is 16.5. The summed E-state index contributed by atoms with van der Waals surface area (Å²) in [5.41, 5.74) is 2.18. The van der Waals surface area contributed by atoms with E-state index in [4.69, 9.17) is 9.47 Å². The number of carbonyl (C=O) groups is 1. The van der Waals surface area contributed by atoms with E-state index in [2.05, 4.69) is 5.10 Å². The summed E-state index contributed by atoms with van der Waals surface area (Å²) >= 11 is 0. The average molecular weight is 393 g/mol. The van der Waals surface area contributed by atoms with Gasteiger partial charge in [-0.1, -0.05) is 18.2 Å². The fourth-order valence-electron chi connectivity index (χ4n) is 3.41. The molecule has 0 radical (unpaired) electrons. The molecule has 0 spiro atoms. The third-order valence-electron chi connectivity index (χ3n) is 4.92. The van der Waals surface area contributed by atoms with Crippen molar-refractivity contribution >= 4 is 5.91 Å². The molecule has 0 fully saturated rings. The average Bonchev–Trinajstić information content (AvgIpc) is 3.10. The molecule has 7 heteroatoms. The number of ether oxygens (including phenoxy) is 2. The number of hydrogen-bond acceptors (Lipinski definition) is 4. The monoisotopic (exact) mass is 393 g/mol. The van der Waals surface area contributed by atoms with Crippen LogP contribution in [0.1, 0.15) is 18.2 Å². The topological polar surface area (TPSA) is 76.6 Å². The maximum atomic E-state index is 12.8. The van der Waals surface area contributed by atoms with Gasteiger partial charge in [0.1, 0.15) is 11.5 Å². The zero-order valence-electron chi connectivity index (χ0n) is 16.3. The second-order valence-corrected chi connectivity index (χ2v) is 6.80. The lowest BCUT2D eigenvalue weighted by Crippen LogP contribution is -2.40. The molecule has 1 aromatic heterocycles. The van der Waals surface area contributed by atoms with Gasteiger partial charge >= 0.3 is 0 Å². The normalized spacial score (nSPS) is 13.1. The number of fused-ring (bicyclic) bond motifs is 1. The number of nitrogens with zero attached hydrogens (tertiary/aromatic N) is 2. The molecule has 150 valence electrons. The molecule has 29 heavy (non-hydrogen) atoms. The van der Waals surface area contributed by atoms with Gasteiger partial charge < -0.3 is 14.4 Å². The molecule has 7 nitrogen and oxygen atoms in total. The molecule has 0 bridgehead atoms. The van der Waals surface area contributed by atoms with Crippen LogP contribution in [0.15, 0.2) is 59.4 Å². The van der Waals surface area contributed by atoms with Crippen molar-refractivity contribution in [1.29, 1.82) is 0 Å². The van der Waals surface area contributed by atoms with Gasteiger partial charge in [0.15, 0.2) is 6.61 Å². The first-order valence-corrected chi connectivity index (χ1v) is 9.67. The maximum Gasteiger partial charge on any atom is 0.276 e. The number of hydrogen-bond donors (Lipinski definition) is 1. The van der Waals surface area contributed by atoms with Gasteiger partial charge in [0.25, 0.3) is 11.5 Å². The Bertz CT molecular complexity index is 1040. The Kier molecular flexibility index (Phi) is 5.37. The Morgan fingerprint density at radius 1 is 1.03 bits per heavy atom. The fourth-order valence-corrected chi connectivity index (χ4v) is 3.41. The maximum absolute atomic E-state index is 12.8. The van der Waals surface area contributed by atoms with Crippen LogP contribution >= 0.6 is 0 Å². The van der Waals surface area contributed by atoms with Crippen molar-refractivity contribution in [2.75, 3.05) is 19.8 Å². The number of aromatic nitrogens is 2. The second-order valence-electron chi connectivity index (χ2n) is 6.80. The van der Waals surface area contributed by atoms with E-state index in [9.17, 15) is 9.59 Å². The summed E-state index contributed by atoms with van der Waals surface area (Å²) in [6.07, 6.45) is 0.610. The molecule has 1 aliphatic rings. The zero-order chi connectivity index (χ0) is 20.2. The summed E-state index contributed by atoms with van der Waals surface area (Å²) in [4.78, 5) is 27.1. The lowest BCUT2D eigenvalue weighted by Gasteiger charge is -2.26. The van der Waals surface area contributed by atoms with Crippen molar-refractivity contribution in [3.05, 3.63) is 76.2 Å². The van der Waals surface area contributed by atoms with Crippen molar-refractivity contribution in [3.8, 4) is 17.2 Å². The van der Waals surface area contributed by atoms with E-state index in [-0.39, 0.29) is 24.6 Å². The van der Waals surface area contributed by atoms with Gasteiger partial charge in [-0.15, -0.1) is 0 Å². The van der Waals surface area contributed by atoms with Gasteiger partial charge in [0.2, 0.25) is 0 Å². The fraction of sp³-hybridized carbons (Fsp3) is 0.273. The quantitative estimate of drug-likeness (QED) is 0.698. The summed E-state index contributed by atoms with van der Waals surface area (Å²) < 4.78 is 12.5. The molecular formula is C22H23N3O4. The van der Waals surface area contributed by atoms with Crippen LogP contribution in [0.5, 0.6) is 11.5 Å². The molecule has 0 atom stereocenters. The minimum Gasteiger partial charge on any atom is -0.494 e. The Labute approximate surface area is 168 Å². The molecular weight excluding hydrogens is 370 g/mol. The molecule has 1 aliphatic heterocycles. The molecule has 3 aromatic rings. The van der Waals surface area contributed by atoms with Crippen LogP contribution in [-0.4, -0.2) is 40.3 Å². The van der Waals surface area contributed by atoms with E-state index in [0.717, 1.165) is 17.1 Å². The van der Waals surface area contributed by atoms with Gasteiger partial charge in [-0.3, -0.25) is 14.7 Å². The van der Waals surface area contributed by atoms with Gasteiger partial charge in [-0.2, -0.15) is 0 Å². The third kappa shape index (κ3) is 4.03. The van der Waals surface area contributed by atoms with E-state index in [1.807, 2.05) is 49.4 Å². The van der Waals surface area contributed by atoms with Crippen molar-refractivity contribution in [2.45, 2.75) is 19.9 Å². The number of nitrogens with one attached hydrogen (secondary N) is 1. The first kappa shape index (κ1) is 18.9. The number of H-pyrrole nitrogens is 1. The highest BCUT2D eigenvalue weighted by Crippen LogP contribution is 2.19. The number of carbonyl (C=O) groups excluding carboxylic acids is 1. The minimum absolute atomic E-state index is 0.0688. The smallest absolute Gasteiger partial charge is 0.276 e. The lowest BCUT2D eigenvalue weighted by atomic mass is 10.1. The molecule has 2 aromatic carbocycles. The standard InChI is InChI=1S/C22H23N3O4/c1-2-28-17-8-10-18(11-9-17)29-15-21(26)24-13-12-20-19(14-24)22(27)25(23-20)16-6-4-3-5-7-16/h3-11,23H,2,12-15H2,1H3. The first-order chi connectivity index (χ1) is 14.2. The molecule has 1 amide bonds. The van der Waals surface area contributed by atoms with Crippen LogP contribution in [0, 0.1) is 0 Å². The molecule has 0 aliphatic carbocycles. The molecule has 1 N–H and O–H groups in total. The minimum atomic E-state index is -0.142. The Hall–Kier alpha value is -3.48. The van der Waals surface area contributed by atoms with Crippen LogP contribution in [0.4, 0.5) is 0 Å². The molecule has 2 heterocycles. The van der Waals surface area contributed by atoms with E-state index in [1.165, 1.54) is 4.68 Å². The van der Waals surface area contributed by atoms with Crippen molar-refractivity contribution in [1.82, 2.24) is 14.7 Å². The summed E-state index contributed by atoms with van der Waals surface area (Å²) in [6.45, 7) is 3.29. The van der Waals surface area contributed by atoms with Crippen molar-refractivity contribution in [3.63, 3.8) is 0 Å². The molecule has 4 rings (SSSR count). The second kappa shape index (κ2) is 8.26. The molecule has 0 saturated heterocycles. The van der Waals surface area contributed by atoms with E-state index < -0.39 is 0 Å². The van der Waals surface area contributed by atoms with Crippen LogP contribution in [-0.2, 0) is 17.8 Å². The van der Waals surface area contributed by atoms with Gasteiger partial charge in [0.05, 0.1) is 24.4 Å². The van der Waals surface area contributed by atoms with Crippen LogP contribution in [0.2, 0.25) is 0 Å². The van der Waals surface area contributed by atoms with Crippen LogP contribution in [0.25, 0.3) is 5.69 Å². The number of rotatable bonds is 6. The third-order valence-corrected chi connectivity index (χ3v) is 4.92. The van der Waals surface area contributed by atoms with Gasteiger partial charge in [-0.05, 0) is 43.3 Å². The highest BCUT2D eigenvalue weighted by Gasteiger charge is 2.26. The number of aromatic amines is 1. The van der Waals surface area contributed by atoms with E-state index in [0.29, 0.717) is 30.9 Å². The largest absolute Gasteiger partial charge is 0.494 e. The summed E-state index contributed by atoms with van der Waals surface area (Å²) in [6, 6.07) is 16.6. The Morgan fingerprint density at radius 3 is 2.41 bits per heavy atom. The Balaban J connectivity index is 1.41. The van der Waals surface area contributed by atoms with Crippen molar-refractivity contribution in [2.24, 2.45) is 0 Å². The van der Waals surface area contributed by atoms with Crippen LogP contribution < -0.4 is 15.0 Å². The lowest BCUT2D eigenvalue weighted by molar-refractivity contribution is -0.134. The summed E-state index contributed by atoms with van der Waals surface area (Å²) in [5.74, 6) is 1.22. The molecule has 0 unspecified atom stereocenters. The first-order valence-electron chi connectivity index (χ1n) is 9.67. The number of benzene rings is 2. The van der Waals surface area contributed by atoms with E-state index in [1.54, 1.807) is 17.0 Å². The SMILES string of the molecule is CCOc1ccc(OCC(=O)N2CCc3[nH]n(-c4ccccc4)c(=O)c3C2)cc1. The number of amides is 1. The number of para-hydroxylation sites is 1. The van der Waals surface area contributed by atoms with Gasteiger partial charge in [-0.25, -0.2) is 4.68 Å². The Morgan fingerprint density at radius 2 is 1.72 bits per heavy atom.